The fourth-order valence-electron chi connectivity index (χ4n) is 1.54. The summed E-state index contributed by atoms with van der Waals surface area (Å²) in [6, 6.07) is 7.30. The van der Waals surface area contributed by atoms with Gasteiger partial charge in [0.25, 0.3) is 10.0 Å². The second-order valence-electron chi connectivity index (χ2n) is 4.19. The standard InChI is InChI=1S/C12H11FN2O4S2/c1-20(16,17)10-6-4-9(5-7-10)15-21(18,19)12-11(13)3-2-8-14-12/h2-8,15H,1H3. The zero-order valence-electron chi connectivity index (χ0n) is 10.8. The highest BCUT2D eigenvalue weighted by Crippen LogP contribution is 2.18. The van der Waals surface area contributed by atoms with Crippen molar-refractivity contribution < 1.29 is 21.2 Å². The molecule has 0 unspecified atom stereocenters. The van der Waals surface area contributed by atoms with Crippen LogP contribution in [-0.4, -0.2) is 28.1 Å². The van der Waals surface area contributed by atoms with Gasteiger partial charge in [0.1, 0.15) is 0 Å². The lowest BCUT2D eigenvalue weighted by molar-refractivity contribution is 0.557. The first-order valence-corrected chi connectivity index (χ1v) is 9.01. The Bertz CT molecular complexity index is 862. The van der Waals surface area contributed by atoms with Gasteiger partial charge in [0.05, 0.1) is 4.90 Å². The molecule has 6 nitrogen and oxygen atoms in total. The average molecular weight is 330 g/mol. The van der Waals surface area contributed by atoms with Gasteiger partial charge in [-0.2, -0.15) is 8.42 Å². The van der Waals surface area contributed by atoms with Crippen molar-refractivity contribution in [2.24, 2.45) is 0 Å². The molecular formula is C12H11FN2O4S2. The van der Waals surface area contributed by atoms with Crippen molar-refractivity contribution in [2.45, 2.75) is 9.92 Å². The van der Waals surface area contributed by atoms with Crippen LogP contribution in [0.5, 0.6) is 0 Å². The van der Waals surface area contributed by atoms with Crippen LogP contribution in [0, 0.1) is 5.82 Å². The molecule has 21 heavy (non-hydrogen) atoms. The summed E-state index contributed by atoms with van der Waals surface area (Å²) in [6.07, 6.45) is 2.19. The van der Waals surface area contributed by atoms with Crippen molar-refractivity contribution in [2.75, 3.05) is 11.0 Å². The van der Waals surface area contributed by atoms with Crippen LogP contribution in [0.1, 0.15) is 0 Å². The minimum absolute atomic E-state index is 0.0504. The zero-order chi connectivity index (χ0) is 15.7. The molecule has 0 radical (unpaired) electrons. The number of nitrogens with one attached hydrogen (secondary N) is 1. The quantitative estimate of drug-likeness (QED) is 0.915. The minimum atomic E-state index is -4.18. The summed E-state index contributed by atoms with van der Waals surface area (Å²) in [6.45, 7) is 0. The molecule has 1 aromatic carbocycles. The van der Waals surface area contributed by atoms with Gasteiger partial charge in [-0.25, -0.2) is 17.8 Å². The van der Waals surface area contributed by atoms with E-state index in [0.717, 1.165) is 18.5 Å². The summed E-state index contributed by atoms with van der Waals surface area (Å²) in [5, 5.41) is -0.725. The van der Waals surface area contributed by atoms with Crippen LogP contribution in [0.2, 0.25) is 0 Å². The number of anilines is 1. The van der Waals surface area contributed by atoms with Crippen molar-refractivity contribution in [1.29, 1.82) is 0 Å². The Morgan fingerprint density at radius 1 is 1.05 bits per heavy atom. The summed E-state index contributed by atoms with van der Waals surface area (Å²) in [7, 11) is -7.55. The fourth-order valence-corrected chi connectivity index (χ4v) is 3.24. The molecule has 9 heteroatoms. The maximum absolute atomic E-state index is 13.4. The van der Waals surface area contributed by atoms with Gasteiger partial charge in [-0.15, -0.1) is 0 Å². The Labute approximate surface area is 121 Å². The summed E-state index contributed by atoms with van der Waals surface area (Å²) in [5.74, 6) is -0.974. The highest BCUT2D eigenvalue weighted by atomic mass is 32.2. The number of nitrogens with zero attached hydrogens (tertiary/aromatic N) is 1. The molecule has 2 rings (SSSR count). The van der Waals surface area contributed by atoms with Gasteiger partial charge in [0.15, 0.2) is 15.7 Å². The monoisotopic (exact) mass is 330 g/mol. The number of benzene rings is 1. The highest BCUT2D eigenvalue weighted by Gasteiger charge is 2.20. The molecule has 0 atom stereocenters. The third-order valence-corrected chi connectivity index (χ3v) is 4.96. The normalized spacial score (nSPS) is 12.1. The molecule has 1 N–H and O–H groups in total. The van der Waals surface area contributed by atoms with Crippen LogP contribution < -0.4 is 4.72 Å². The number of aromatic nitrogens is 1. The predicted molar refractivity (Wildman–Crippen MR) is 74.6 cm³/mol. The summed E-state index contributed by atoms with van der Waals surface area (Å²) < 4.78 is 62.1. The van der Waals surface area contributed by atoms with Crippen molar-refractivity contribution >= 4 is 25.5 Å². The molecule has 0 aliphatic carbocycles. The van der Waals surface area contributed by atoms with E-state index in [-0.39, 0.29) is 10.6 Å². The van der Waals surface area contributed by atoms with E-state index in [0.29, 0.717) is 0 Å². The van der Waals surface area contributed by atoms with Crippen LogP contribution in [0.3, 0.4) is 0 Å². The van der Waals surface area contributed by atoms with Gasteiger partial charge in [-0.1, -0.05) is 0 Å². The fraction of sp³-hybridized carbons (Fsp3) is 0.0833. The maximum Gasteiger partial charge on any atom is 0.282 e. The number of halogens is 1. The van der Waals surface area contributed by atoms with Gasteiger partial charge in [0, 0.05) is 18.1 Å². The average Bonchev–Trinajstić information content (AvgIpc) is 2.38. The molecule has 1 aromatic heterocycles. The zero-order valence-corrected chi connectivity index (χ0v) is 12.4. The maximum atomic E-state index is 13.4. The largest absolute Gasteiger partial charge is 0.282 e. The predicted octanol–water partition coefficient (Wildman–Crippen LogP) is 1.42. The molecule has 112 valence electrons. The van der Waals surface area contributed by atoms with Gasteiger partial charge in [-0.05, 0) is 36.4 Å². The van der Waals surface area contributed by atoms with E-state index < -0.39 is 30.7 Å². The van der Waals surface area contributed by atoms with Crippen LogP contribution in [-0.2, 0) is 19.9 Å². The summed E-state index contributed by atoms with van der Waals surface area (Å²) in [5.41, 5.74) is 0.104. The molecule has 0 amide bonds. The number of hydrogen-bond donors (Lipinski definition) is 1. The molecule has 0 aliphatic rings. The van der Waals surface area contributed by atoms with Crippen LogP contribution in [0.4, 0.5) is 10.1 Å². The van der Waals surface area contributed by atoms with Crippen molar-refractivity contribution in [3.8, 4) is 0 Å². The second-order valence-corrected chi connectivity index (χ2v) is 7.81. The summed E-state index contributed by atoms with van der Waals surface area (Å²) in [4.78, 5) is 3.53. The van der Waals surface area contributed by atoms with Crippen molar-refractivity contribution in [3.63, 3.8) is 0 Å². The Morgan fingerprint density at radius 3 is 2.19 bits per heavy atom. The van der Waals surface area contributed by atoms with Crippen molar-refractivity contribution in [3.05, 3.63) is 48.4 Å². The molecule has 1 heterocycles. The molecule has 0 aliphatic heterocycles. The second kappa shape index (κ2) is 5.41. The van der Waals surface area contributed by atoms with Gasteiger partial charge in [-0.3, -0.25) is 4.72 Å². The number of sulfone groups is 1. The van der Waals surface area contributed by atoms with Gasteiger partial charge in [0.2, 0.25) is 5.03 Å². The smallest absolute Gasteiger partial charge is 0.278 e. The number of hydrogen-bond acceptors (Lipinski definition) is 5. The third kappa shape index (κ3) is 3.56. The molecule has 0 fully saturated rings. The number of pyridine rings is 1. The van der Waals surface area contributed by atoms with E-state index in [1.807, 2.05) is 0 Å². The Balaban J connectivity index is 2.32. The third-order valence-electron chi connectivity index (χ3n) is 2.51. The Morgan fingerprint density at radius 2 is 1.67 bits per heavy atom. The van der Waals surface area contributed by atoms with Crippen LogP contribution in [0.25, 0.3) is 0 Å². The number of rotatable bonds is 4. The molecule has 0 saturated carbocycles. The molecule has 2 aromatic rings. The topological polar surface area (TPSA) is 93.2 Å². The first kappa shape index (κ1) is 15.4. The minimum Gasteiger partial charge on any atom is -0.278 e. The first-order chi connectivity index (χ1) is 9.70. The van der Waals surface area contributed by atoms with E-state index >= 15 is 0 Å². The van der Waals surface area contributed by atoms with E-state index in [9.17, 15) is 21.2 Å². The van der Waals surface area contributed by atoms with Gasteiger partial charge < -0.3 is 0 Å². The van der Waals surface area contributed by atoms with E-state index in [4.69, 9.17) is 0 Å². The molecule has 0 spiro atoms. The van der Waals surface area contributed by atoms with E-state index in [1.54, 1.807) is 0 Å². The Kier molecular flexibility index (Phi) is 3.97. The van der Waals surface area contributed by atoms with Crippen LogP contribution in [0.15, 0.2) is 52.5 Å². The van der Waals surface area contributed by atoms with E-state index in [1.165, 1.54) is 30.3 Å². The lowest BCUT2D eigenvalue weighted by atomic mass is 10.3. The van der Waals surface area contributed by atoms with Crippen LogP contribution >= 0.6 is 0 Å². The summed E-state index contributed by atoms with van der Waals surface area (Å²) >= 11 is 0. The number of sulfonamides is 1. The highest BCUT2D eigenvalue weighted by molar-refractivity contribution is 7.92. The van der Waals surface area contributed by atoms with Gasteiger partial charge >= 0.3 is 0 Å². The molecule has 0 saturated heterocycles. The van der Waals surface area contributed by atoms with Crippen molar-refractivity contribution in [1.82, 2.24) is 4.98 Å². The lowest BCUT2D eigenvalue weighted by Gasteiger charge is -2.08. The lowest BCUT2D eigenvalue weighted by Crippen LogP contribution is -2.16. The Hall–Kier alpha value is -2.00. The van der Waals surface area contributed by atoms with E-state index in [2.05, 4.69) is 9.71 Å². The SMILES string of the molecule is CS(=O)(=O)c1ccc(NS(=O)(=O)c2ncccc2F)cc1. The first-order valence-electron chi connectivity index (χ1n) is 5.63. The molecule has 0 bridgehead atoms. The molecular weight excluding hydrogens is 319 g/mol.